The lowest BCUT2D eigenvalue weighted by Gasteiger charge is -2.24. The highest BCUT2D eigenvalue weighted by Gasteiger charge is 2.16. The minimum absolute atomic E-state index is 0.0534. The van der Waals surface area contributed by atoms with E-state index in [0.29, 0.717) is 6.42 Å². The third-order valence-electron chi connectivity index (χ3n) is 2.27. The fraction of sp³-hybridized carbons (Fsp3) is 0.455. The van der Waals surface area contributed by atoms with E-state index >= 15 is 0 Å². The lowest BCUT2D eigenvalue weighted by molar-refractivity contribution is 0.414. The van der Waals surface area contributed by atoms with Crippen LogP contribution >= 0.6 is 0 Å². The van der Waals surface area contributed by atoms with Gasteiger partial charge in [-0.05, 0) is 38.9 Å². The van der Waals surface area contributed by atoms with E-state index in [4.69, 9.17) is 0 Å². The van der Waals surface area contributed by atoms with Gasteiger partial charge in [0.1, 0.15) is 5.82 Å². The Hall–Kier alpha value is -0.890. The van der Waals surface area contributed by atoms with Crippen LogP contribution in [-0.2, 0) is 6.42 Å². The number of benzene rings is 1. The monoisotopic (exact) mass is 181 g/mol. The number of hydrogen-bond donors (Lipinski definition) is 1. The van der Waals surface area contributed by atoms with Gasteiger partial charge in [0.05, 0.1) is 0 Å². The zero-order valence-electron chi connectivity index (χ0n) is 8.39. The first-order chi connectivity index (χ1) is 6.05. The van der Waals surface area contributed by atoms with E-state index in [-0.39, 0.29) is 11.4 Å². The Morgan fingerprint density at radius 2 is 1.92 bits per heavy atom. The minimum atomic E-state index is -0.120. The zero-order chi connectivity index (χ0) is 9.90. The second kappa shape index (κ2) is 3.88. The SMILES string of the molecule is CNC(C)(C)Cc1ccccc1F. The van der Waals surface area contributed by atoms with Gasteiger partial charge in [-0.2, -0.15) is 0 Å². The molecule has 1 aromatic rings. The summed E-state index contributed by atoms with van der Waals surface area (Å²) in [5.41, 5.74) is 0.712. The van der Waals surface area contributed by atoms with Crippen LogP contribution in [0.3, 0.4) is 0 Å². The largest absolute Gasteiger partial charge is 0.314 e. The molecule has 13 heavy (non-hydrogen) atoms. The summed E-state index contributed by atoms with van der Waals surface area (Å²) < 4.78 is 13.2. The molecule has 0 aliphatic carbocycles. The van der Waals surface area contributed by atoms with E-state index in [9.17, 15) is 4.39 Å². The number of likely N-dealkylation sites (N-methyl/N-ethyl adjacent to an activating group) is 1. The standard InChI is InChI=1S/C11H16FN/c1-11(2,13-3)8-9-6-4-5-7-10(9)12/h4-7,13H,8H2,1-3H3. The van der Waals surface area contributed by atoms with Gasteiger partial charge in [-0.25, -0.2) is 4.39 Å². The Bertz CT molecular complexity index is 281. The second-order valence-electron chi connectivity index (χ2n) is 3.90. The van der Waals surface area contributed by atoms with Crippen LogP contribution in [-0.4, -0.2) is 12.6 Å². The van der Waals surface area contributed by atoms with Crippen molar-refractivity contribution in [2.45, 2.75) is 25.8 Å². The van der Waals surface area contributed by atoms with Gasteiger partial charge in [0, 0.05) is 5.54 Å². The van der Waals surface area contributed by atoms with Crippen LogP contribution < -0.4 is 5.32 Å². The lowest BCUT2D eigenvalue weighted by Crippen LogP contribution is -2.38. The summed E-state index contributed by atoms with van der Waals surface area (Å²) in [4.78, 5) is 0. The summed E-state index contributed by atoms with van der Waals surface area (Å²) in [6.07, 6.45) is 0.705. The highest BCUT2D eigenvalue weighted by Crippen LogP contribution is 2.14. The maximum absolute atomic E-state index is 13.2. The Labute approximate surface area is 79.0 Å². The van der Waals surface area contributed by atoms with Crippen molar-refractivity contribution in [1.29, 1.82) is 0 Å². The Kier molecular flexibility index (Phi) is 3.04. The molecule has 0 unspecified atom stereocenters. The minimum Gasteiger partial charge on any atom is -0.314 e. The van der Waals surface area contributed by atoms with E-state index in [1.54, 1.807) is 6.07 Å². The average Bonchev–Trinajstić information content (AvgIpc) is 2.09. The number of nitrogens with one attached hydrogen (secondary N) is 1. The molecule has 0 aliphatic heterocycles. The lowest BCUT2D eigenvalue weighted by atomic mass is 9.95. The highest BCUT2D eigenvalue weighted by molar-refractivity contribution is 5.19. The smallest absolute Gasteiger partial charge is 0.126 e. The predicted molar refractivity (Wildman–Crippen MR) is 53.2 cm³/mol. The van der Waals surface area contributed by atoms with Gasteiger partial charge in [-0.1, -0.05) is 18.2 Å². The molecule has 0 saturated carbocycles. The van der Waals surface area contributed by atoms with Crippen molar-refractivity contribution in [3.63, 3.8) is 0 Å². The fourth-order valence-electron chi connectivity index (χ4n) is 1.21. The molecule has 0 fully saturated rings. The van der Waals surface area contributed by atoms with Crippen molar-refractivity contribution in [1.82, 2.24) is 5.32 Å². The van der Waals surface area contributed by atoms with E-state index < -0.39 is 0 Å². The molecule has 0 heterocycles. The molecule has 1 rings (SSSR count). The Morgan fingerprint density at radius 1 is 1.31 bits per heavy atom. The molecule has 0 radical (unpaired) electrons. The first kappa shape index (κ1) is 10.2. The normalized spacial score (nSPS) is 11.7. The van der Waals surface area contributed by atoms with Crippen molar-refractivity contribution in [3.05, 3.63) is 35.6 Å². The number of rotatable bonds is 3. The molecule has 1 aromatic carbocycles. The van der Waals surface area contributed by atoms with Crippen molar-refractivity contribution >= 4 is 0 Å². The van der Waals surface area contributed by atoms with Crippen molar-refractivity contribution in [2.24, 2.45) is 0 Å². The Balaban J connectivity index is 2.80. The van der Waals surface area contributed by atoms with Gasteiger partial charge in [0.25, 0.3) is 0 Å². The summed E-state index contributed by atoms with van der Waals surface area (Å²) in [5.74, 6) is -0.120. The number of hydrogen-bond acceptors (Lipinski definition) is 1. The predicted octanol–water partition coefficient (Wildman–Crippen LogP) is 2.37. The van der Waals surface area contributed by atoms with E-state index in [0.717, 1.165) is 5.56 Å². The zero-order valence-corrected chi connectivity index (χ0v) is 8.39. The van der Waals surface area contributed by atoms with Crippen molar-refractivity contribution in [3.8, 4) is 0 Å². The molecule has 0 bridgehead atoms. The van der Waals surface area contributed by atoms with Crippen LogP contribution in [0.5, 0.6) is 0 Å². The Morgan fingerprint density at radius 3 is 2.46 bits per heavy atom. The maximum Gasteiger partial charge on any atom is 0.126 e. The topological polar surface area (TPSA) is 12.0 Å². The summed E-state index contributed by atoms with van der Waals surface area (Å²) >= 11 is 0. The van der Waals surface area contributed by atoms with Crippen LogP contribution in [0.4, 0.5) is 4.39 Å². The van der Waals surface area contributed by atoms with Gasteiger partial charge in [-0.15, -0.1) is 0 Å². The van der Waals surface area contributed by atoms with Gasteiger partial charge < -0.3 is 5.32 Å². The van der Waals surface area contributed by atoms with Gasteiger partial charge >= 0.3 is 0 Å². The van der Waals surface area contributed by atoms with Crippen LogP contribution in [0.2, 0.25) is 0 Å². The summed E-state index contributed by atoms with van der Waals surface area (Å²) in [6.45, 7) is 4.11. The highest BCUT2D eigenvalue weighted by atomic mass is 19.1. The van der Waals surface area contributed by atoms with Gasteiger partial charge in [0.15, 0.2) is 0 Å². The third kappa shape index (κ3) is 2.81. The molecule has 0 atom stereocenters. The van der Waals surface area contributed by atoms with E-state index in [1.165, 1.54) is 6.07 Å². The molecule has 2 heteroatoms. The van der Waals surface area contributed by atoms with Crippen LogP contribution in [0, 0.1) is 5.82 Å². The van der Waals surface area contributed by atoms with Gasteiger partial charge in [0.2, 0.25) is 0 Å². The molecular weight excluding hydrogens is 165 g/mol. The second-order valence-corrected chi connectivity index (χ2v) is 3.90. The van der Waals surface area contributed by atoms with Crippen molar-refractivity contribution in [2.75, 3.05) is 7.05 Å². The first-order valence-electron chi connectivity index (χ1n) is 4.47. The van der Waals surface area contributed by atoms with Crippen LogP contribution in [0.15, 0.2) is 24.3 Å². The molecule has 1 nitrogen and oxygen atoms in total. The molecule has 0 spiro atoms. The molecule has 72 valence electrons. The summed E-state index contributed by atoms with van der Waals surface area (Å²) in [5, 5.41) is 3.15. The van der Waals surface area contributed by atoms with Gasteiger partial charge in [-0.3, -0.25) is 0 Å². The first-order valence-corrected chi connectivity index (χ1v) is 4.47. The molecule has 0 aromatic heterocycles. The maximum atomic E-state index is 13.2. The average molecular weight is 181 g/mol. The van der Waals surface area contributed by atoms with Crippen LogP contribution in [0.25, 0.3) is 0 Å². The van der Waals surface area contributed by atoms with Crippen molar-refractivity contribution < 1.29 is 4.39 Å². The fourth-order valence-corrected chi connectivity index (χ4v) is 1.21. The molecular formula is C11H16FN. The quantitative estimate of drug-likeness (QED) is 0.754. The summed E-state index contributed by atoms with van der Waals surface area (Å²) in [7, 11) is 1.89. The molecule has 0 saturated heterocycles. The van der Waals surface area contributed by atoms with E-state index in [1.807, 2.05) is 19.2 Å². The van der Waals surface area contributed by atoms with Crippen LogP contribution in [0.1, 0.15) is 19.4 Å². The third-order valence-corrected chi connectivity index (χ3v) is 2.27. The molecule has 1 N–H and O–H groups in total. The van der Waals surface area contributed by atoms with E-state index in [2.05, 4.69) is 19.2 Å². The summed E-state index contributed by atoms with van der Waals surface area (Å²) in [6, 6.07) is 6.91. The molecule has 0 amide bonds. The number of halogens is 1. The molecule has 0 aliphatic rings.